The maximum atomic E-state index is 13.2. The zero-order valence-electron chi connectivity index (χ0n) is 21.5. The number of carbonyl (C=O) groups is 2. The van der Waals surface area contributed by atoms with Crippen LogP contribution >= 0.6 is 0 Å². The van der Waals surface area contributed by atoms with Crippen molar-refractivity contribution in [2.75, 3.05) is 37.7 Å². The van der Waals surface area contributed by atoms with Crippen molar-refractivity contribution in [2.24, 2.45) is 0 Å². The van der Waals surface area contributed by atoms with Crippen LogP contribution in [0.2, 0.25) is 0 Å². The third kappa shape index (κ3) is 6.76. The third-order valence-electron chi connectivity index (χ3n) is 7.34. The summed E-state index contributed by atoms with van der Waals surface area (Å²) in [5.74, 6) is 0.207. The van der Waals surface area contributed by atoms with Gasteiger partial charge in [0.25, 0.3) is 0 Å². The van der Waals surface area contributed by atoms with Gasteiger partial charge in [0, 0.05) is 36.3 Å². The van der Waals surface area contributed by atoms with Crippen molar-refractivity contribution in [3.05, 3.63) is 53.6 Å². The Balaban J connectivity index is 1.23. The molecule has 2 saturated heterocycles. The Morgan fingerprint density at radius 3 is 2.54 bits per heavy atom. The van der Waals surface area contributed by atoms with E-state index in [4.69, 9.17) is 14.2 Å². The number of hydrogen-bond acceptors (Lipinski definition) is 6. The molecule has 11 heteroatoms. The summed E-state index contributed by atoms with van der Waals surface area (Å²) in [6.45, 7) is 1.26. The number of hydrogen-bond donors (Lipinski definition) is 1. The van der Waals surface area contributed by atoms with E-state index in [1.807, 2.05) is 24.3 Å². The number of cyclic esters (lactones) is 1. The molecule has 3 heterocycles. The molecule has 2 aromatic rings. The van der Waals surface area contributed by atoms with Gasteiger partial charge in [-0.15, -0.1) is 0 Å². The highest BCUT2D eigenvalue weighted by Crippen LogP contribution is 2.33. The molecule has 0 spiro atoms. The van der Waals surface area contributed by atoms with E-state index in [0.29, 0.717) is 37.2 Å². The SMILES string of the molecule is O=C(Cc1ccc(OC2CCNCC2)cc1OCC(F)(F)F)N1CCC(N2C(=O)OCc3ccccc32)CC1. The largest absolute Gasteiger partial charge is 0.490 e. The minimum atomic E-state index is -4.51. The van der Waals surface area contributed by atoms with Gasteiger partial charge in [0.05, 0.1) is 12.1 Å². The number of amides is 2. The average Bonchev–Trinajstić information content (AvgIpc) is 2.93. The number of ether oxygens (including phenoxy) is 3. The van der Waals surface area contributed by atoms with Crippen LogP contribution in [0.4, 0.5) is 23.7 Å². The first-order chi connectivity index (χ1) is 18.8. The molecule has 0 aliphatic carbocycles. The fourth-order valence-electron chi connectivity index (χ4n) is 5.32. The van der Waals surface area contributed by atoms with E-state index in [1.54, 1.807) is 21.9 Å². The molecule has 0 unspecified atom stereocenters. The number of alkyl halides is 3. The normalized spacial score (nSPS) is 18.9. The summed E-state index contributed by atoms with van der Waals surface area (Å²) in [7, 11) is 0. The molecule has 3 aliphatic rings. The molecule has 0 bridgehead atoms. The quantitative estimate of drug-likeness (QED) is 0.552. The molecule has 8 nitrogen and oxygen atoms in total. The molecule has 5 rings (SSSR count). The van der Waals surface area contributed by atoms with E-state index >= 15 is 0 Å². The number of piperidine rings is 2. The second-order valence-corrected chi connectivity index (χ2v) is 10.1. The second kappa shape index (κ2) is 11.7. The molecular weight excluding hydrogens is 515 g/mol. The molecule has 2 amide bonds. The van der Waals surface area contributed by atoms with Crippen molar-refractivity contribution in [1.29, 1.82) is 0 Å². The molecule has 3 aliphatic heterocycles. The van der Waals surface area contributed by atoms with Gasteiger partial charge >= 0.3 is 12.3 Å². The lowest BCUT2D eigenvalue weighted by Crippen LogP contribution is -2.50. The third-order valence-corrected chi connectivity index (χ3v) is 7.34. The summed E-state index contributed by atoms with van der Waals surface area (Å²) in [6, 6.07) is 12.2. The summed E-state index contributed by atoms with van der Waals surface area (Å²) in [5.41, 5.74) is 2.14. The number of carbonyl (C=O) groups excluding carboxylic acids is 2. The zero-order chi connectivity index (χ0) is 27.4. The summed E-state index contributed by atoms with van der Waals surface area (Å²) < 4.78 is 55.2. The summed E-state index contributed by atoms with van der Waals surface area (Å²) >= 11 is 0. The van der Waals surface area contributed by atoms with Crippen molar-refractivity contribution in [3.8, 4) is 11.5 Å². The average molecular weight is 548 g/mol. The summed E-state index contributed by atoms with van der Waals surface area (Å²) in [5, 5.41) is 3.24. The molecule has 0 atom stereocenters. The minimum absolute atomic E-state index is 0.00494. The van der Waals surface area contributed by atoms with E-state index in [1.165, 1.54) is 6.07 Å². The van der Waals surface area contributed by atoms with Crippen LogP contribution in [0.5, 0.6) is 11.5 Å². The van der Waals surface area contributed by atoms with Crippen molar-refractivity contribution in [1.82, 2.24) is 10.2 Å². The topological polar surface area (TPSA) is 80.3 Å². The van der Waals surface area contributed by atoms with Crippen LogP contribution in [0, 0.1) is 0 Å². The fourth-order valence-corrected chi connectivity index (χ4v) is 5.32. The number of rotatable bonds is 7. The van der Waals surface area contributed by atoms with Gasteiger partial charge in [-0.3, -0.25) is 9.69 Å². The standard InChI is InChI=1S/C28H32F3N3O5/c29-28(30,31)18-38-25-16-23(39-22-7-11-32-12-8-22)6-5-19(25)15-26(35)33-13-9-21(10-14-33)34-24-4-2-1-3-20(24)17-37-27(34)36/h1-6,16,21-22,32H,7-15,17-18H2. The predicted molar refractivity (Wildman–Crippen MR) is 137 cm³/mol. The van der Waals surface area contributed by atoms with Gasteiger partial charge in [0.15, 0.2) is 6.61 Å². The van der Waals surface area contributed by atoms with E-state index in [-0.39, 0.29) is 36.8 Å². The van der Waals surface area contributed by atoms with E-state index in [2.05, 4.69) is 5.32 Å². The monoisotopic (exact) mass is 547 g/mol. The number of para-hydroxylation sites is 1. The molecule has 1 N–H and O–H groups in total. The molecule has 2 aromatic carbocycles. The Bertz CT molecular complexity index is 1180. The van der Waals surface area contributed by atoms with Gasteiger partial charge in [0.2, 0.25) is 5.91 Å². The predicted octanol–water partition coefficient (Wildman–Crippen LogP) is 4.45. The summed E-state index contributed by atoms with van der Waals surface area (Å²) in [4.78, 5) is 29.1. The van der Waals surface area contributed by atoms with E-state index in [0.717, 1.165) is 37.2 Å². The van der Waals surface area contributed by atoms with Gasteiger partial charge < -0.3 is 24.4 Å². The highest BCUT2D eigenvalue weighted by atomic mass is 19.4. The molecule has 210 valence electrons. The molecule has 0 saturated carbocycles. The van der Waals surface area contributed by atoms with Crippen LogP contribution in [0.1, 0.15) is 36.8 Å². The number of anilines is 1. The highest BCUT2D eigenvalue weighted by molar-refractivity contribution is 5.91. The first-order valence-electron chi connectivity index (χ1n) is 13.3. The highest BCUT2D eigenvalue weighted by Gasteiger charge is 2.35. The zero-order valence-corrected chi connectivity index (χ0v) is 21.5. The number of nitrogens with zero attached hydrogens (tertiary/aromatic N) is 2. The van der Waals surface area contributed by atoms with Gasteiger partial charge in [-0.1, -0.05) is 24.3 Å². The molecule has 0 aromatic heterocycles. The molecule has 0 radical (unpaired) electrons. The first-order valence-corrected chi connectivity index (χ1v) is 13.3. The van der Waals surface area contributed by atoms with Crippen LogP contribution < -0.4 is 19.7 Å². The Morgan fingerprint density at radius 1 is 1.05 bits per heavy atom. The second-order valence-electron chi connectivity index (χ2n) is 10.1. The number of benzene rings is 2. The van der Waals surface area contributed by atoms with Gasteiger partial charge in [-0.2, -0.15) is 13.2 Å². The maximum Gasteiger partial charge on any atom is 0.422 e. The van der Waals surface area contributed by atoms with E-state index in [9.17, 15) is 22.8 Å². The number of likely N-dealkylation sites (tertiary alicyclic amines) is 1. The number of fused-ring (bicyclic) bond motifs is 1. The van der Waals surface area contributed by atoms with Gasteiger partial charge in [0.1, 0.15) is 24.2 Å². The molecular formula is C28H32F3N3O5. The smallest absolute Gasteiger partial charge is 0.422 e. The Morgan fingerprint density at radius 2 is 1.79 bits per heavy atom. The lowest BCUT2D eigenvalue weighted by Gasteiger charge is -2.40. The van der Waals surface area contributed by atoms with Gasteiger partial charge in [-0.25, -0.2) is 4.79 Å². The van der Waals surface area contributed by atoms with Crippen molar-refractivity contribution in [3.63, 3.8) is 0 Å². The van der Waals surface area contributed by atoms with Crippen molar-refractivity contribution >= 4 is 17.7 Å². The van der Waals surface area contributed by atoms with Crippen LogP contribution in [-0.2, 0) is 22.6 Å². The Hall–Kier alpha value is -3.47. The number of nitrogens with one attached hydrogen (secondary N) is 1. The van der Waals surface area contributed by atoms with E-state index < -0.39 is 18.9 Å². The Kier molecular flexibility index (Phi) is 8.15. The lowest BCUT2D eigenvalue weighted by atomic mass is 10.00. The lowest BCUT2D eigenvalue weighted by molar-refractivity contribution is -0.153. The minimum Gasteiger partial charge on any atom is -0.490 e. The van der Waals surface area contributed by atoms with Crippen LogP contribution in [0.25, 0.3) is 0 Å². The van der Waals surface area contributed by atoms with Crippen molar-refractivity contribution < 1.29 is 37.0 Å². The van der Waals surface area contributed by atoms with Crippen LogP contribution in [-0.4, -0.2) is 68.0 Å². The summed E-state index contributed by atoms with van der Waals surface area (Å²) in [6.07, 6.45) is -2.30. The molecule has 39 heavy (non-hydrogen) atoms. The number of halogens is 3. The van der Waals surface area contributed by atoms with Gasteiger partial charge in [-0.05, 0) is 50.9 Å². The van der Waals surface area contributed by atoms with Crippen LogP contribution in [0.15, 0.2) is 42.5 Å². The Labute approximate surface area is 225 Å². The first kappa shape index (κ1) is 27.1. The maximum absolute atomic E-state index is 13.2. The van der Waals surface area contributed by atoms with Crippen LogP contribution in [0.3, 0.4) is 0 Å². The van der Waals surface area contributed by atoms with Crippen molar-refractivity contribution in [2.45, 2.75) is 57.0 Å². The molecule has 2 fully saturated rings. The fraction of sp³-hybridized carbons (Fsp3) is 0.500.